The van der Waals surface area contributed by atoms with E-state index in [1.54, 1.807) is 12.1 Å². The number of aromatic amines is 1. The molecule has 0 bridgehead atoms. The first-order chi connectivity index (χ1) is 12.5. The van der Waals surface area contributed by atoms with Gasteiger partial charge in [-0.15, -0.1) is 0 Å². The second-order valence-electron chi connectivity index (χ2n) is 5.68. The molecule has 0 aliphatic rings. The minimum atomic E-state index is -0.490. The molecule has 130 valence electrons. The van der Waals surface area contributed by atoms with Gasteiger partial charge in [-0.2, -0.15) is 4.98 Å². The molecule has 0 unspecified atom stereocenters. The van der Waals surface area contributed by atoms with Gasteiger partial charge in [-0.25, -0.2) is 4.39 Å². The zero-order valence-electron chi connectivity index (χ0n) is 13.1. The van der Waals surface area contributed by atoms with Crippen molar-refractivity contribution in [2.45, 2.75) is 6.42 Å². The van der Waals surface area contributed by atoms with Gasteiger partial charge in [0.1, 0.15) is 5.82 Å². The molecule has 4 rings (SSSR count). The Labute approximate surface area is 159 Å². The van der Waals surface area contributed by atoms with Gasteiger partial charge >= 0.3 is 0 Å². The SMILES string of the molecule is O=c1[nH]c2ccc(Br)cc2cc1-c1noc(Cc2ccc(F)c(Cl)c2)n1. The van der Waals surface area contributed by atoms with Crippen molar-refractivity contribution in [3.63, 3.8) is 0 Å². The lowest BCUT2D eigenvalue weighted by Crippen LogP contribution is -2.09. The van der Waals surface area contributed by atoms with E-state index >= 15 is 0 Å². The van der Waals surface area contributed by atoms with Crippen molar-refractivity contribution in [1.82, 2.24) is 15.1 Å². The standard InChI is InChI=1S/C18H10BrClFN3O2/c19-11-2-4-15-10(7-11)8-12(18(25)22-15)17-23-16(26-24-17)6-9-1-3-14(21)13(20)5-9/h1-5,7-8H,6H2,(H,22,25). The summed E-state index contributed by atoms with van der Waals surface area (Å²) in [5.74, 6) is 0.00300. The van der Waals surface area contributed by atoms with Crippen molar-refractivity contribution in [3.8, 4) is 11.4 Å². The topological polar surface area (TPSA) is 71.8 Å². The highest BCUT2D eigenvalue weighted by atomic mass is 79.9. The third-order valence-corrected chi connectivity index (χ3v) is 4.64. The fourth-order valence-corrected chi connectivity index (χ4v) is 3.19. The summed E-state index contributed by atoms with van der Waals surface area (Å²) in [6, 6.07) is 11.6. The van der Waals surface area contributed by atoms with Crippen LogP contribution in [0.25, 0.3) is 22.3 Å². The number of aromatic nitrogens is 3. The van der Waals surface area contributed by atoms with Crippen molar-refractivity contribution in [2.24, 2.45) is 0 Å². The van der Waals surface area contributed by atoms with Gasteiger partial charge in [0.05, 0.1) is 17.0 Å². The van der Waals surface area contributed by atoms with E-state index in [-0.39, 0.29) is 22.8 Å². The summed E-state index contributed by atoms with van der Waals surface area (Å²) in [7, 11) is 0. The second-order valence-corrected chi connectivity index (χ2v) is 7.00. The van der Waals surface area contributed by atoms with Crippen LogP contribution in [0.1, 0.15) is 11.5 Å². The summed E-state index contributed by atoms with van der Waals surface area (Å²) in [6.07, 6.45) is 0.282. The Bertz CT molecular complexity index is 1190. The van der Waals surface area contributed by atoms with E-state index in [1.165, 1.54) is 12.1 Å². The van der Waals surface area contributed by atoms with Gasteiger partial charge in [0.25, 0.3) is 5.56 Å². The van der Waals surface area contributed by atoms with Crippen LogP contribution in [0, 0.1) is 5.82 Å². The first-order valence-corrected chi connectivity index (χ1v) is 8.76. The lowest BCUT2D eigenvalue weighted by Gasteiger charge is -2.00. The fraction of sp³-hybridized carbons (Fsp3) is 0.0556. The van der Waals surface area contributed by atoms with Gasteiger partial charge in [0.15, 0.2) is 0 Å². The Balaban J connectivity index is 1.69. The van der Waals surface area contributed by atoms with Crippen LogP contribution in [0.5, 0.6) is 0 Å². The number of H-pyrrole nitrogens is 1. The van der Waals surface area contributed by atoms with Crippen LogP contribution in [0.4, 0.5) is 4.39 Å². The maximum absolute atomic E-state index is 13.2. The zero-order chi connectivity index (χ0) is 18.3. The molecule has 0 saturated carbocycles. The highest BCUT2D eigenvalue weighted by molar-refractivity contribution is 9.10. The maximum Gasteiger partial charge on any atom is 0.259 e. The maximum atomic E-state index is 13.2. The van der Waals surface area contributed by atoms with E-state index in [4.69, 9.17) is 16.1 Å². The second kappa shape index (κ2) is 6.66. The van der Waals surface area contributed by atoms with Crippen molar-refractivity contribution >= 4 is 38.4 Å². The molecule has 0 atom stereocenters. The van der Waals surface area contributed by atoms with E-state index in [9.17, 15) is 9.18 Å². The van der Waals surface area contributed by atoms with Gasteiger partial charge in [0, 0.05) is 15.4 Å². The van der Waals surface area contributed by atoms with Crippen LogP contribution in [-0.2, 0) is 6.42 Å². The largest absolute Gasteiger partial charge is 0.339 e. The van der Waals surface area contributed by atoms with Crippen molar-refractivity contribution < 1.29 is 8.91 Å². The number of fused-ring (bicyclic) bond motifs is 1. The molecular weight excluding hydrogens is 425 g/mol. The third kappa shape index (κ3) is 3.27. The molecule has 26 heavy (non-hydrogen) atoms. The number of benzene rings is 2. The molecule has 4 aromatic rings. The Morgan fingerprint density at radius 1 is 1.19 bits per heavy atom. The normalized spacial score (nSPS) is 11.2. The van der Waals surface area contributed by atoms with E-state index in [2.05, 4.69) is 31.1 Å². The van der Waals surface area contributed by atoms with Gasteiger partial charge in [-0.3, -0.25) is 4.79 Å². The molecule has 2 aromatic carbocycles. The Morgan fingerprint density at radius 2 is 2.04 bits per heavy atom. The summed E-state index contributed by atoms with van der Waals surface area (Å²) in [6.45, 7) is 0. The van der Waals surface area contributed by atoms with Crippen LogP contribution in [-0.4, -0.2) is 15.1 Å². The Hall–Kier alpha value is -2.51. The summed E-state index contributed by atoms with van der Waals surface area (Å²) >= 11 is 9.18. The minimum absolute atomic E-state index is 0.0267. The molecule has 0 aliphatic carbocycles. The van der Waals surface area contributed by atoms with Crippen LogP contribution in [0.15, 0.2) is 56.3 Å². The molecule has 2 aromatic heterocycles. The zero-order valence-corrected chi connectivity index (χ0v) is 15.4. The molecule has 1 N–H and O–H groups in total. The minimum Gasteiger partial charge on any atom is -0.339 e. The van der Waals surface area contributed by atoms with Gasteiger partial charge in [0.2, 0.25) is 11.7 Å². The molecular formula is C18H10BrClFN3O2. The highest BCUT2D eigenvalue weighted by Crippen LogP contribution is 2.22. The molecule has 0 amide bonds. The smallest absolute Gasteiger partial charge is 0.259 e. The van der Waals surface area contributed by atoms with Crippen LogP contribution < -0.4 is 5.56 Å². The number of hydrogen-bond acceptors (Lipinski definition) is 4. The van der Waals surface area contributed by atoms with Crippen molar-refractivity contribution in [3.05, 3.63) is 79.6 Å². The average Bonchev–Trinajstić information content (AvgIpc) is 3.06. The molecule has 8 heteroatoms. The summed E-state index contributed by atoms with van der Waals surface area (Å²) in [5, 5.41) is 4.75. The Kier molecular flexibility index (Phi) is 4.34. The monoisotopic (exact) mass is 433 g/mol. The number of nitrogens with zero attached hydrogens (tertiary/aromatic N) is 2. The van der Waals surface area contributed by atoms with E-state index in [1.807, 2.05) is 18.2 Å². The first kappa shape index (κ1) is 16.9. The lowest BCUT2D eigenvalue weighted by atomic mass is 10.1. The number of pyridine rings is 1. The highest BCUT2D eigenvalue weighted by Gasteiger charge is 2.14. The third-order valence-electron chi connectivity index (χ3n) is 3.85. The van der Waals surface area contributed by atoms with Crippen LogP contribution in [0.3, 0.4) is 0 Å². The van der Waals surface area contributed by atoms with Crippen molar-refractivity contribution in [1.29, 1.82) is 0 Å². The average molecular weight is 435 g/mol. The van der Waals surface area contributed by atoms with Crippen LogP contribution >= 0.6 is 27.5 Å². The number of nitrogens with one attached hydrogen (secondary N) is 1. The molecule has 0 aliphatic heterocycles. The first-order valence-electron chi connectivity index (χ1n) is 7.59. The molecule has 0 spiro atoms. The summed E-state index contributed by atoms with van der Waals surface area (Å²) in [5.41, 5.74) is 1.44. The quantitative estimate of drug-likeness (QED) is 0.506. The predicted octanol–water partition coefficient (Wildman–Crippen LogP) is 4.72. The lowest BCUT2D eigenvalue weighted by molar-refractivity contribution is 0.385. The van der Waals surface area contributed by atoms with Crippen molar-refractivity contribution in [2.75, 3.05) is 0 Å². The number of halogens is 3. The molecule has 0 radical (unpaired) electrons. The number of hydrogen-bond donors (Lipinski definition) is 1. The molecule has 0 saturated heterocycles. The molecule has 0 fully saturated rings. The predicted molar refractivity (Wildman–Crippen MR) is 99.8 cm³/mol. The van der Waals surface area contributed by atoms with Crippen LogP contribution in [0.2, 0.25) is 5.02 Å². The van der Waals surface area contributed by atoms with Gasteiger partial charge < -0.3 is 9.51 Å². The fourth-order valence-electron chi connectivity index (χ4n) is 2.60. The molecule has 5 nitrogen and oxygen atoms in total. The summed E-state index contributed by atoms with van der Waals surface area (Å²) in [4.78, 5) is 19.4. The Morgan fingerprint density at radius 3 is 2.85 bits per heavy atom. The summed E-state index contributed by atoms with van der Waals surface area (Å²) < 4.78 is 19.4. The number of rotatable bonds is 3. The van der Waals surface area contributed by atoms with Gasteiger partial charge in [-0.1, -0.05) is 38.8 Å². The van der Waals surface area contributed by atoms with E-state index in [0.29, 0.717) is 17.0 Å². The molecule has 2 heterocycles. The van der Waals surface area contributed by atoms with Gasteiger partial charge in [-0.05, 0) is 42.0 Å². The van der Waals surface area contributed by atoms with E-state index in [0.717, 1.165) is 15.4 Å². The van der Waals surface area contributed by atoms with E-state index < -0.39 is 5.82 Å².